The SMILES string of the molecule is Cc1ccc(-c2cc(Cl)cnc2-c2cccnc2)cc1. The summed E-state index contributed by atoms with van der Waals surface area (Å²) >= 11 is 6.11. The van der Waals surface area contributed by atoms with E-state index in [1.807, 2.05) is 24.4 Å². The molecular formula is C17H13ClN2. The first-order chi connectivity index (χ1) is 9.74. The zero-order chi connectivity index (χ0) is 13.9. The fourth-order valence-electron chi connectivity index (χ4n) is 2.13. The van der Waals surface area contributed by atoms with E-state index < -0.39 is 0 Å². The van der Waals surface area contributed by atoms with Crippen LogP contribution in [-0.4, -0.2) is 9.97 Å². The molecule has 0 bridgehead atoms. The Morgan fingerprint density at radius 3 is 2.45 bits per heavy atom. The second-order valence-electron chi connectivity index (χ2n) is 4.66. The fraction of sp³-hybridized carbons (Fsp3) is 0.0588. The number of aryl methyl sites for hydroxylation is 1. The van der Waals surface area contributed by atoms with Crippen LogP contribution >= 0.6 is 11.6 Å². The third kappa shape index (κ3) is 2.56. The Hall–Kier alpha value is -2.19. The summed E-state index contributed by atoms with van der Waals surface area (Å²) in [6.45, 7) is 2.07. The summed E-state index contributed by atoms with van der Waals surface area (Å²) < 4.78 is 0. The maximum Gasteiger partial charge on any atom is 0.0796 e. The predicted octanol–water partition coefficient (Wildman–Crippen LogP) is 4.77. The maximum absolute atomic E-state index is 6.11. The van der Waals surface area contributed by atoms with Gasteiger partial charge in [0.1, 0.15) is 0 Å². The lowest BCUT2D eigenvalue weighted by molar-refractivity contribution is 1.28. The molecule has 0 aliphatic rings. The van der Waals surface area contributed by atoms with Crippen molar-refractivity contribution in [1.82, 2.24) is 9.97 Å². The van der Waals surface area contributed by atoms with Gasteiger partial charge in [0, 0.05) is 29.7 Å². The Bertz CT molecular complexity index is 722. The van der Waals surface area contributed by atoms with E-state index in [-0.39, 0.29) is 0 Å². The molecule has 0 spiro atoms. The summed E-state index contributed by atoms with van der Waals surface area (Å²) in [5, 5.41) is 0.633. The molecule has 3 aromatic rings. The molecule has 20 heavy (non-hydrogen) atoms. The number of hydrogen-bond donors (Lipinski definition) is 0. The average Bonchev–Trinajstić information content (AvgIpc) is 2.49. The van der Waals surface area contributed by atoms with Crippen molar-refractivity contribution in [2.45, 2.75) is 6.92 Å². The number of nitrogens with zero attached hydrogens (tertiary/aromatic N) is 2. The minimum atomic E-state index is 0.633. The van der Waals surface area contributed by atoms with Crippen molar-refractivity contribution in [1.29, 1.82) is 0 Å². The van der Waals surface area contributed by atoms with E-state index in [1.54, 1.807) is 12.4 Å². The zero-order valence-corrected chi connectivity index (χ0v) is 11.8. The molecule has 2 nitrogen and oxygen atoms in total. The Kier molecular flexibility index (Phi) is 3.48. The Morgan fingerprint density at radius 2 is 1.75 bits per heavy atom. The van der Waals surface area contributed by atoms with Crippen molar-refractivity contribution in [2.75, 3.05) is 0 Å². The molecule has 0 fully saturated rings. The van der Waals surface area contributed by atoms with Crippen molar-refractivity contribution < 1.29 is 0 Å². The van der Waals surface area contributed by atoms with Gasteiger partial charge in [-0.25, -0.2) is 0 Å². The first-order valence-electron chi connectivity index (χ1n) is 6.37. The van der Waals surface area contributed by atoms with E-state index in [0.717, 1.165) is 22.4 Å². The molecule has 0 unspecified atom stereocenters. The first-order valence-corrected chi connectivity index (χ1v) is 6.75. The number of rotatable bonds is 2. The van der Waals surface area contributed by atoms with Crippen molar-refractivity contribution in [3.63, 3.8) is 0 Å². The predicted molar refractivity (Wildman–Crippen MR) is 82.7 cm³/mol. The highest BCUT2D eigenvalue weighted by Crippen LogP contribution is 2.31. The van der Waals surface area contributed by atoms with E-state index in [4.69, 9.17) is 11.6 Å². The van der Waals surface area contributed by atoms with Crippen molar-refractivity contribution in [3.8, 4) is 22.4 Å². The van der Waals surface area contributed by atoms with Crippen LogP contribution in [0.15, 0.2) is 61.1 Å². The summed E-state index contributed by atoms with van der Waals surface area (Å²) in [7, 11) is 0. The molecule has 98 valence electrons. The van der Waals surface area contributed by atoms with Gasteiger partial charge >= 0.3 is 0 Å². The highest BCUT2D eigenvalue weighted by atomic mass is 35.5. The fourth-order valence-corrected chi connectivity index (χ4v) is 2.28. The molecule has 1 aromatic carbocycles. The van der Waals surface area contributed by atoms with Crippen LogP contribution < -0.4 is 0 Å². The van der Waals surface area contributed by atoms with Gasteiger partial charge in [0.05, 0.1) is 10.7 Å². The van der Waals surface area contributed by atoms with Gasteiger partial charge < -0.3 is 0 Å². The summed E-state index contributed by atoms with van der Waals surface area (Å²) in [6, 6.07) is 14.2. The number of hydrogen-bond acceptors (Lipinski definition) is 2. The molecule has 2 aromatic heterocycles. The maximum atomic E-state index is 6.11. The van der Waals surface area contributed by atoms with Gasteiger partial charge in [-0.05, 0) is 30.7 Å². The summed E-state index contributed by atoms with van der Waals surface area (Å²) in [5.41, 5.74) is 5.23. The first kappa shape index (κ1) is 12.8. The Balaban J connectivity index is 2.19. The molecule has 0 saturated carbocycles. The largest absolute Gasteiger partial charge is 0.264 e. The van der Waals surface area contributed by atoms with Crippen LogP contribution in [0.5, 0.6) is 0 Å². The molecule has 0 amide bonds. The molecule has 0 N–H and O–H groups in total. The van der Waals surface area contributed by atoms with Gasteiger partial charge in [0.25, 0.3) is 0 Å². The van der Waals surface area contributed by atoms with Crippen LogP contribution in [0.4, 0.5) is 0 Å². The van der Waals surface area contributed by atoms with Crippen molar-refractivity contribution in [3.05, 3.63) is 71.6 Å². The second-order valence-corrected chi connectivity index (χ2v) is 5.09. The normalized spacial score (nSPS) is 10.5. The van der Waals surface area contributed by atoms with Gasteiger partial charge in [-0.2, -0.15) is 0 Å². The Morgan fingerprint density at radius 1 is 0.950 bits per heavy atom. The van der Waals surface area contributed by atoms with E-state index in [9.17, 15) is 0 Å². The van der Waals surface area contributed by atoms with E-state index in [0.29, 0.717) is 5.02 Å². The van der Waals surface area contributed by atoms with Crippen LogP contribution in [0.25, 0.3) is 22.4 Å². The number of aromatic nitrogens is 2. The van der Waals surface area contributed by atoms with Gasteiger partial charge in [-0.3, -0.25) is 9.97 Å². The zero-order valence-electron chi connectivity index (χ0n) is 11.0. The summed E-state index contributed by atoms with van der Waals surface area (Å²) in [5.74, 6) is 0. The van der Waals surface area contributed by atoms with Crippen LogP contribution in [0.3, 0.4) is 0 Å². The van der Waals surface area contributed by atoms with Gasteiger partial charge in [-0.15, -0.1) is 0 Å². The third-order valence-electron chi connectivity index (χ3n) is 3.15. The van der Waals surface area contributed by atoms with Crippen LogP contribution in [-0.2, 0) is 0 Å². The lowest BCUT2D eigenvalue weighted by Crippen LogP contribution is -1.90. The highest BCUT2D eigenvalue weighted by Gasteiger charge is 2.10. The van der Waals surface area contributed by atoms with Crippen LogP contribution in [0.1, 0.15) is 5.56 Å². The van der Waals surface area contributed by atoms with Gasteiger partial charge in [0.2, 0.25) is 0 Å². The number of halogens is 1. The lowest BCUT2D eigenvalue weighted by atomic mass is 9.99. The van der Waals surface area contributed by atoms with E-state index in [1.165, 1.54) is 5.56 Å². The van der Waals surface area contributed by atoms with Crippen LogP contribution in [0.2, 0.25) is 5.02 Å². The molecule has 0 atom stereocenters. The third-order valence-corrected chi connectivity index (χ3v) is 3.36. The van der Waals surface area contributed by atoms with Gasteiger partial charge in [0.15, 0.2) is 0 Å². The summed E-state index contributed by atoms with van der Waals surface area (Å²) in [4.78, 5) is 8.63. The molecular weight excluding hydrogens is 268 g/mol. The molecule has 2 heterocycles. The molecule has 0 aliphatic heterocycles. The second kappa shape index (κ2) is 5.43. The van der Waals surface area contributed by atoms with Crippen molar-refractivity contribution >= 4 is 11.6 Å². The van der Waals surface area contributed by atoms with E-state index in [2.05, 4.69) is 41.2 Å². The summed E-state index contributed by atoms with van der Waals surface area (Å²) in [6.07, 6.45) is 5.24. The smallest absolute Gasteiger partial charge is 0.0796 e. The Labute approximate surface area is 123 Å². The molecule has 0 saturated heterocycles. The molecule has 3 heteroatoms. The average molecular weight is 281 g/mol. The quantitative estimate of drug-likeness (QED) is 0.675. The lowest BCUT2D eigenvalue weighted by Gasteiger charge is -2.09. The molecule has 0 aliphatic carbocycles. The van der Waals surface area contributed by atoms with Crippen LogP contribution in [0, 0.1) is 6.92 Å². The number of benzene rings is 1. The van der Waals surface area contributed by atoms with Gasteiger partial charge in [-0.1, -0.05) is 41.4 Å². The highest BCUT2D eigenvalue weighted by molar-refractivity contribution is 6.30. The topological polar surface area (TPSA) is 25.8 Å². The number of pyridine rings is 2. The molecule has 3 rings (SSSR count). The molecule has 0 radical (unpaired) electrons. The van der Waals surface area contributed by atoms with E-state index >= 15 is 0 Å². The van der Waals surface area contributed by atoms with Crippen molar-refractivity contribution in [2.24, 2.45) is 0 Å². The minimum Gasteiger partial charge on any atom is -0.264 e. The monoisotopic (exact) mass is 280 g/mol. The standard InChI is InChI=1S/C17H13ClN2/c1-12-4-6-13(7-5-12)16-9-15(18)11-20-17(16)14-3-2-8-19-10-14/h2-11H,1H3. The minimum absolute atomic E-state index is 0.633.